The van der Waals surface area contributed by atoms with Gasteiger partial charge in [-0.1, -0.05) is 97.1 Å². The molecule has 0 bridgehead atoms. The normalized spacial score (nSPS) is 11.6. The molecule has 0 atom stereocenters. The first kappa shape index (κ1) is 30.7. The van der Waals surface area contributed by atoms with E-state index in [-0.39, 0.29) is 0 Å². The van der Waals surface area contributed by atoms with Crippen LogP contribution in [0, 0.1) is 22.7 Å². The molecule has 3 heterocycles. The summed E-state index contributed by atoms with van der Waals surface area (Å²) < 4.78 is 6.84. The number of hydrogen-bond donors (Lipinski definition) is 0. The van der Waals surface area contributed by atoms with Gasteiger partial charge in [-0.15, -0.1) is 0 Å². The first-order valence-corrected chi connectivity index (χ1v) is 18.3. The van der Waals surface area contributed by atoms with Crippen LogP contribution < -0.4 is 0 Å². The number of nitrogens with zero attached hydrogens (tertiary/aromatic N) is 5. The Morgan fingerprint density at radius 3 is 1.00 bits per heavy atom. The lowest BCUT2D eigenvalue weighted by atomic mass is 9.99. The summed E-state index contributed by atoms with van der Waals surface area (Å²) in [6.45, 7) is 0. The van der Waals surface area contributed by atoms with Crippen molar-refractivity contribution in [1.82, 2.24) is 13.7 Å². The number of rotatable bonds is 4. The van der Waals surface area contributed by atoms with Gasteiger partial charge in [0.25, 0.3) is 0 Å². The Morgan fingerprint density at radius 1 is 0.291 bits per heavy atom. The van der Waals surface area contributed by atoms with E-state index >= 15 is 0 Å². The molecule has 55 heavy (non-hydrogen) atoms. The third kappa shape index (κ3) is 4.58. The average Bonchev–Trinajstić information content (AvgIpc) is 3.89. The summed E-state index contributed by atoms with van der Waals surface area (Å²) in [5.41, 5.74) is 12.2. The van der Waals surface area contributed by atoms with Gasteiger partial charge in [-0.25, -0.2) is 0 Å². The summed E-state index contributed by atoms with van der Waals surface area (Å²) in [5, 5.41) is 27.8. The van der Waals surface area contributed by atoms with Crippen LogP contribution >= 0.6 is 0 Å². The summed E-state index contributed by atoms with van der Waals surface area (Å²) in [6.07, 6.45) is 0. The Kier molecular flexibility index (Phi) is 6.61. The Bertz CT molecular complexity index is 3360. The van der Waals surface area contributed by atoms with Crippen molar-refractivity contribution in [3.05, 3.63) is 187 Å². The zero-order valence-corrected chi connectivity index (χ0v) is 29.5. The molecule has 0 N–H and O–H groups in total. The summed E-state index contributed by atoms with van der Waals surface area (Å²) in [7, 11) is 0. The number of hydrogen-bond acceptors (Lipinski definition) is 2. The standard InChI is InChI=1S/C50H29N5/c51-30-32-23-34(27-37(25-32)54-47-18-8-3-13-41(47)42-14-4-9-19-48(42)54)35-24-33(31-52)26-38(28-35)55-49-20-10-5-15-43(49)44-22-21-36(29-50(44)55)53-45-16-6-1-11-39(45)40-12-2-7-17-46(40)53/h1-29H. The predicted octanol–water partition coefficient (Wildman–Crippen LogP) is 12.4. The topological polar surface area (TPSA) is 62.4 Å². The monoisotopic (exact) mass is 699 g/mol. The molecule has 0 aliphatic heterocycles. The molecule has 0 aliphatic rings. The fourth-order valence-corrected chi connectivity index (χ4v) is 8.72. The molecule has 0 aliphatic carbocycles. The minimum absolute atomic E-state index is 0.540. The lowest BCUT2D eigenvalue weighted by Gasteiger charge is -2.14. The highest BCUT2D eigenvalue weighted by Gasteiger charge is 2.19. The van der Waals surface area contributed by atoms with Gasteiger partial charge in [-0.2, -0.15) is 10.5 Å². The molecule has 11 rings (SSSR count). The summed E-state index contributed by atoms with van der Waals surface area (Å²) >= 11 is 0. The van der Waals surface area contributed by atoms with Gasteiger partial charge in [0, 0.05) is 49.4 Å². The van der Waals surface area contributed by atoms with Crippen LogP contribution in [0.4, 0.5) is 0 Å². The second-order valence-corrected chi connectivity index (χ2v) is 14.1. The first-order valence-electron chi connectivity index (χ1n) is 18.3. The van der Waals surface area contributed by atoms with Gasteiger partial charge < -0.3 is 13.7 Å². The minimum atomic E-state index is 0.540. The average molecular weight is 700 g/mol. The van der Waals surface area contributed by atoms with Crippen molar-refractivity contribution < 1.29 is 0 Å². The quantitative estimate of drug-likeness (QED) is 0.184. The van der Waals surface area contributed by atoms with Crippen LogP contribution in [0.25, 0.3) is 93.6 Å². The first-order chi connectivity index (χ1) is 27.2. The van der Waals surface area contributed by atoms with Gasteiger partial charge in [0.2, 0.25) is 0 Å². The third-order valence-electron chi connectivity index (χ3n) is 11.0. The van der Waals surface area contributed by atoms with Crippen molar-refractivity contribution in [2.24, 2.45) is 0 Å². The van der Waals surface area contributed by atoms with Crippen LogP contribution in [-0.4, -0.2) is 13.7 Å². The molecule has 0 saturated heterocycles. The second-order valence-electron chi connectivity index (χ2n) is 14.1. The van der Waals surface area contributed by atoms with Gasteiger partial charge >= 0.3 is 0 Å². The molecule has 5 nitrogen and oxygen atoms in total. The molecule has 0 spiro atoms. The Morgan fingerprint density at radius 2 is 0.618 bits per heavy atom. The molecule has 254 valence electrons. The van der Waals surface area contributed by atoms with Crippen LogP contribution in [0.2, 0.25) is 0 Å². The Hall–Kier alpha value is -7.86. The highest BCUT2D eigenvalue weighted by molar-refractivity contribution is 6.12. The summed E-state index contributed by atoms with van der Waals surface area (Å²) in [6, 6.07) is 65.9. The lowest BCUT2D eigenvalue weighted by Crippen LogP contribution is -1.99. The number of aromatic nitrogens is 3. The Labute approximate surface area is 316 Å². The number of benzene rings is 8. The third-order valence-corrected chi connectivity index (χ3v) is 11.0. The van der Waals surface area contributed by atoms with Crippen molar-refractivity contribution in [2.45, 2.75) is 0 Å². The van der Waals surface area contributed by atoms with E-state index in [0.29, 0.717) is 11.1 Å². The molecule has 11 aromatic rings. The maximum Gasteiger partial charge on any atom is 0.0992 e. The maximum absolute atomic E-state index is 10.5. The predicted molar refractivity (Wildman–Crippen MR) is 224 cm³/mol. The van der Waals surface area contributed by atoms with E-state index in [4.69, 9.17) is 0 Å². The lowest BCUT2D eigenvalue weighted by molar-refractivity contribution is 1.15. The van der Waals surface area contributed by atoms with Crippen molar-refractivity contribution in [2.75, 3.05) is 0 Å². The molecular formula is C50H29N5. The smallest absolute Gasteiger partial charge is 0.0992 e. The van der Waals surface area contributed by atoms with E-state index in [9.17, 15) is 10.5 Å². The number of fused-ring (bicyclic) bond motifs is 9. The largest absolute Gasteiger partial charge is 0.309 e. The van der Waals surface area contributed by atoms with Crippen molar-refractivity contribution in [3.63, 3.8) is 0 Å². The summed E-state index contributed by atoms with van der Waals surface area (Å²) in [5.74, 6) is 0. The Balaban J connectivity index is 1.15. The van der Waals surface area contributed by atoms with E-state index in [0.717, 1.165) is 82.8 Å². The SMILES string of the molecule is N#Cc1cc(-c2cc(C#N)cc(-n3c4ccccc4c4ccc(-n5c6ccccc6c6ccccc65)cc43)c2)cc(-n2c3ccccc3c3ccccc32)c1. The second kappa shape index (κ2) is 11.8. The van der Waals surface area contributed by atoms with Gasteiger partial charge in [0.05, 0.1) is 56.4 Å². The van der Waals surface area contributed by atoms with E-state index in [1.54, 1.807) is 0 Å². The van der Waals surface area contributed by atoms with Crippen LogP contribution in [0.15, 0.2) is 176 Å². The molecule has 0 radical (unpaired) electrons. The molecule has 0 unspecified atom stereocenters. The molecule has 0 saturated carbocycles. The zero-order valence-electron chi connectivity index (χ0n) is 29.5. The van der Waals surface area contributed by atoms with Crippen LogP contribution in [-0.2, 0) is 0 Å². The van der Waals surface area contributed by atoms with Crippen LogP contribution in [0.5, 0.6) is 0 Å². The minimum Gasteiger partial charge on any atom is -0.309 e. The van der Waals surface area contributed by atoms with E-state index in [1.165, 1.54) is 10.8 Å². The fraction of sp³-hybridized carbons (Fsp3) is 0. The molecular weight excluding hydrogens is 671 g/mol. The highest BCUT2D eigenvalue weighted by Crippen LogP contribution is 2.39. The van der Waals surface area contributed by atoms with Crippen molar-refractivity contribution in [3.8, 4) is 40.3 Å². The van der Waals surface area contributed by atoms with Gasteiger partial charge in [-0.3, -0.25) is 0 Å². The molecule has 0 amide bonds. The zero-order chi connectivity index (χ0) is 36.6. The van der Waals surface area contributed by atoms with E-state index in [2.05, 4.69) is 165 Å². The maximum atomic E-state index is 10.5. The van der Waals surface area contributed by atoms with E-state index < -0.39 is 0 Å². The van der Waals surface area contributed by atoms with Crippen LogP contribution in [0.3, 0.4) is 0 Å². The number of para-hydroxylation sites is 5. The van der Waals surface area contributed by atoms with E-state index in [1.807, 2.05) is 36.4 Å². The molecule has 8 aromatic carbocycles. The van der Waals surface area contributed by atoms with Crippen molar-refractivity contribution >= 4 is 65.4 Å². The van der Waals surface area contributed by atoms with Gasteiger partial charge in [0.1, 0.15) is 0 Å². The molecule has 5 heteroatoms. The van der Waals surface area contributed by atoms with Crippen molar-refractivity contribution in [1.29, 1.82) is 10.5 Å². The highest BCUT2D eigenvalue weighted by atomic mass is 15.0. The summed E-state index contributed by atoms with van der Waals surface area (Å²) in [4.78, 5) is 0. The van der Waals surface area contributed by atoms with Gasteiger partial charge in [0.15, 0.2) is 0 Å². The molecule has 0 fully saturated rings. The van der Waals surface area contributed by atoms with Gasteiger partial charge in [-0.05, 0) is 90.0 Å². The van der Waals surface area contributed by atoms with Crippen LogP contribution in [0.1, 0.15) is 11.1 Å². The fourth-order valence-electron chi connectivity index (χ4n) is 8.72. The molecule has 3 aromatic heterocycles. The number of nitriles is 2.